The number of nitrogens with zero attached hydrogens (tertiary/aromatic N) is 18. The van der Waals surface area contributed by atoms with Crippen LogP contribution in [0.25, 0.3) is 33.5 Å². The van der Waals surface area contributed by atoms with Crippen LogP contribution in [0.4, 0.5) is 61.8 Å². The third-order valence-electron chi connectivity index (χ3n) is 24.8. The van der Waals surface area contributed by atoms with Crippen molar-refractivity contribution in [2.75, 3.05) is 145 Å². The molecule has 0 aliphatic carbocycles. The van der Waals surface area contributed by atoms with E-state index in [1.807, 2.05) is 28.5 Å². The normalized spacial score (nSPS) is 21.3. The molecule has 8 atom stereocenters. The van der Waals surface area contributed by atoms with Gasteiger partial charge in [0.2, 0.25) is 5.91 Å². The Labute approximate surface area is 722 Å². The number of nitrogens with one attached hydrogen (secondary N) is 2. The fourth-order valence-corrected chi connectivity index (χ4v) is 20.8. The van der Waals surface area contributed by atoms with Crippen molar-refractivity contribution in [2.45, 2.75) is 102 Å². The molecule has 3 aromatic carbocycles. The molecule has 9 aromatic rings. The fourth-order valence-electron chi connectivity index (χ4n) is 18.5. The Bertz CT molecular complexity index is 5420. The number of halogens is 15. The van der Waals surface area contributed by atoms with E-state index >= 15 is 26.3 Å². The van der Waals surface area contributed by atoms with Crippen LogP contribution in [0.1, 0.15) is 118 Å². The molecule has 15 rings (SSSR count). The molecular weight excluding hydrogens is 1740 g/mol. The standard InChI is InChI=1S/C80H91Cl6F9N20O5S/c1-43(2)76(116)96-15-19-107-17-6-8-47(34-107)50-37-110(38-50)65-30-99-68-71(79(90,91)92)106-115(74(68)102-65)63(58-14-11-55(83)28-61(58)86)25-46-23-49(36-109(33-46)20-16-97-77(117)120-4)52-41-112(42-52)66-31-100-69-72(80(93,94)95)105-114(75(69)103-66)62(57-13-10-54(82)27-60(57)85)24-45-22-48(35-108(32-45)18-7-21-121(5,118)119)51-39-111(40-51)64-29-98-67-70(78(87,88)89)104-113(73(67)101-64)44(3)56-12-9-53(81)26-59(56)84/h9-14,26-31,43-52,62-63H,6-8,15-25,32-42H2,1-5H3,(H,96,116)(H,97,117). The molecule has 0 spiro atoms. The zero-order valence-corrected chi connectivity index (χ0v) is 72.1. The van der Waals surface area contributed by atoms with E-state index in [2.05, 4.69) is 55.6 Å². The highest BCUT2D eigenvalue weighted by Crippen LogP contribution is 2.48. The molecule has 0 radical (unpaired) electrons. The van der Waals surface area contributed by atoms with Crippen molar-refractivity contribution in [3.63, 3.8) is 0 Å². The zero-order chi connectivity index (χ0) is 86.1. The predicted octanol–water partition coefficient (Wildman–Crippen LogP) is 15.5. The minimum absolute atomic E-state index is 0.00283. The summed E-state index contributed by atoms with van der Waals surface area (Å²) < 4.78 is 171. The van der Waals surface area contributed by atoms with Crippen LogP contribution in [-0.2, 0) is 37.9 Å². The van der Waals surface area contributed by atoms with Gasteiger partial charge >= 0.3 is 24.6 Å². The lowest BCUT2D eigenvalue weighted by atomic mass is 9.75. The van der Waals surface area contributed by atoms with Gasteiger partial charge in [-0.3, -0.25) is 4.79 Å². The maximum atomic E-state index is 15.6. The second-order valence-corrected chi connectivity index (χ2v) is 38.3. The number of aromatic nitrogens is 12. The first-order valence-electron chi connectivity index (χ1n) is 40.4. The molecule has 41 heteroatoms. The third-order valence-corrected chi connectivity index (χ3v) is 27.5. The lowest BCUT2D eigenvalue weighted by molar-refractivity contribution is -0.141. The van der Waals surface area contributed by atoms with Gasteiger partial charge in [-0.25, -0.2) is 57.2 Å². The van der Waals surface area contributed by atoms with E-state index in [1.54, 1.807) is 43.3 Å². The second kappa shape index (κ2) is 35.8. The molecule has 6 saturated heterocycles. The van der Waals surface area contributed by atoms with E-state index in [-0.39, 0.29) is 128 Å². The summed E-state index contributed by atoms with van der Waals surface area (Å²) in [6.45, 7) is 13.9. The average Bonchev–Trinajstić information content (AvgIpc) is 1.62. The SMILES string of the molecule is COC(=O)NCCN1CC(CC(c2ccc(Cl)cc2Cl)n2nc(C(F)(F)F)c3ncc(N4CC(C5CCCN(CCNC(=O)C(C)C)C5)C4)nc32)CC(C2CN(c3cnc4c(C(F)(F)F)nn(C(CC5CC(C6CN(c7cnc8c(C(F)(F)F)nn(C(C)c9ccc(Cl)cc9Cl)c8n7)C6)CN(CCCS(C)(=O)=O)C5)c5ccc(Cl)cc5Cl)c4n3)C2)C1. The van der Waals surface area contributed by atoms with Gasteiger partial charge in [-0.15, -0.1) is 0 Å². The fraction of sp³-hybridized carbons (Fsp3) is 0.562. The first-order valence-corrected chi connectivity index (χ1v) is 44.7. The van der Waals surface area contributed by atoms with Crippen LogP contribution in [0.5, 0.6) is 0 Å². The third kappa shape index (κ3) is 19.7. The molecule has 0 bridgehead atoms. The van der Waals surface area contributed by atoms with Gasteiger partial charge < -0.3 is 44.8 Å². The lowest BCUT2D eigenvalue weighted by Crippen LogP contribution is -2.55. The number of carbonyl (C=O) groups excluding carboxylic acids is 2. The summed E-state index contributed by atoms with van der Waals surface area (Å²) in [6.07, 6.45) is -6.69. The summed E-state index contributed by atoms with van der Waals surface area (Å²) in [5, 5.41) is 19.9. The van der Waals surface area contributed by atoms with Gasteiger partial charge in [-0.1, -0.05) is 102 Å². The summed E-state index contributed by atoms with van der Waals surface area (Å²) in [6, 6.07) is 11.4. The predicted molar refractivity (Wildman–Crippen MR) is 445 cm³/mol. The molecule has 25 nitrogen and oxygen atoms in total. The number of anilines is 3. The summed E-state index contributed by atoms with van der Waals surface area (Å²) >= 11 is 40.1. The second-order valence-electron chi connectivity index (χ2n) is 33.5. The molecule has 2 amide bonds. The number of piperidine rings is 3. The van der Waals surface area contributed by atoms with Crippen LogP contribution in [0.15, 0.2) is 73.2 Å². The van der Waals surface area contributed by atoms with Gasteiger partial charge in [0.15, 0.2) is 34.0 Å². The van der Waals surface area contributed by atoms with Crippen LogP contribution in [-0.4, -0.2) is 225 Å². The topological polar surface area (TPSA) is 252 Å². The van der Waals surface area contributed by atoms with Crippen LogP contribution in [0, 0.1) is 53.3 Å². The number of amides is 2. The van der Waals surface area contributed by atoms with Crippen molar-refractivity contribution in [2.24, 2.45) is 53.3 Å². The summed E-state index contributed by atoms with van der Waals surface area (Å²) in [5.41, 5.74) is -4.25. The Morgan fingerprint density at radius 1 is 0.504 bits per heavy atom. The van der Waals surface area contributed by atoms with E-state index in [1.165, 1.54) is 53.3 Å². The molecule has 12 heterocycles. The van der Waals surface area contributed by atoms with Gasteiger partial charge in [0.05, 0.1) is 49.6 Å². The quantitative estimate of drug-likeness (QED) is 0.0454. The van der Waals surface area contributed by atoms with Crippen LogP contribution < -0.4 is 25.3 Å². The average molecular weight is 1830 g/mol. The molecule has 6 aromatic heterocycles. The maximum absolute atomic E-state index is 15.6. The van der Waals surface area contributed by atoms with Crippen molar-refractivity contribution in [3.05, 3.63) is 137 Å². The van der Waals surface area contributed by atoms with Gasteiger partial charge in [0.25, 0.3) is 0 Å². The Hall–Kier alpha value is -7.61. The number of hydrogen-bond donors (Lipinski definition) is 2. The Morgan fingerprint density at radius 2 is 0.893 bits per heavy atom. The molecular formula is C80H91Cl6F9N20O5S. The molecule has 0 saturated carbocycles. The van der Waals surface area contributed by atoms with Crippen LogP contribution in [0.3, 0.4) is 0 Å². The Kier molecular flexibility index (Phi) is 26.1. The molecule has 6 aliphatic rings. The Balaban J connectivity index is 0.696. The van der Waals surface area contributed by atoms with Crippen LogP contribution >= 0.6 is 69.6 Å². The highest BCUT2D eigenvalue weighted by atomic mass is 35.5. The smallest absolute Gasteiger partial charge is 0.437 e. The summed E-state index contributed by atoms with van der Waals surface area (Å²) in [7, 11) is -2.13. The molecule has 652 valence electrons. The van der Waals surface area contributed by atoms with E-state index in [0.29, 0.717) is 142 Å². The summed E-state index contributed by atoms with van der Waals surface area (Å²) in [5.74, 6) is 0.444. The first-order chi connectivity index (χ1) is 57.4. The minimum Gasteiger partial charge on any atom is -0.453 e. The molecule has 2 N–H and O–H groups in total. The number of ether oxygens (including phenoxy) is 1. The number of alkyl carbamates (subject to hydrolysis) is 1. The number of sulfone groups is 1. The number of fused-ring (bicyclic) bond motifs is 3. The number of hydrogen-bond acceptors (Lipinski definition) is 20. The van der Waals surface area contributed by atoms with Gasteiger partial charge in [-0.2, -0.15) is 54.8 Å². The zero-order valence-electron chi connectivity index (χ0n) is 66.7. The number of methoxy groups -OCH3 is 1. The number of alkyl halides is 9. The van der Waals surface area contributed by atoms with Crippen molar-refractivity contribution in [1.29, 1.82) is 0 Å². The number of likely N-dealkylation sites (tertiary alicyclic amines) is 3. The molecule has 121 heavy (non-hydrogen) atoms. The van der Waals surface area contributed by atoms with E-state index in [4.69, 9.17) is 89.3 Å². The van der Waals surface area contributed by atoms with E-state index < -0.39 is 86.2 Å². The molecule has 8 unspecified atom stereocenters. The molecule has 6 aliphatic heterocycles. The number of carbonyl (C=O) groups is 2. The Morgan fingerprint density at radius 3 is 1.31 bits per heavy atom. The lowest BCUT2D eigenvalue weighted by Gasteiger charge is -2.49. The number of benzene rings is 3. The maximum Gasteiger partial charge on any atom is 0.437 e. The van der Waals surface area contributed by atoms with Gasteiger partial charge in [0, 0.05) is 140 Å². The monoisotopic (exact) mass is 1820 g/mol. The minimum atomic E-state index is -5.03. The largest absolute Gasteiger partial charge is 0.453 e. The van der Waals surface area contributed by atoms with Crippen molar-refractivity contribution >= 4 is 142 Å². The van der Waals surface area contributed by atoms with E-state index in [0.717, 1.165) is 43.4 Å². The van der Waals surface area contributed by atoms with Crippen molar-refractivity contribution in [1.82, 2.24) is 84.6 Å². The van der Waals surface area contributed by atoms with Crippen molar-refractivity contribution < 1.29 is 62.3 Å². The summed E-state index contributed by atoms with van der Waals surface area (Å²) in [4.78, 5) is 65.3. The first kappa shape index (κ1) is 88.3. The van der Waals surface area contributed by atoms with Gasteiger partial charge in [0.1, 0.15) is 43.8 Å². The van der Waals surface area contributed by atoms with Crippen molar-refractivity contribution in [3.8, 4) is 0 Å². The van der Waals surface area contributed by atoms with E-state index in [9.17, 15) is 31.2 Å². The highest BCUT2D eigenvalue weighted by Gasteiger charge is 2.48. The molecule has 6 fully saturated rings. The number of rotatable bonds is 27. The van der Waals surface area contributed by atoms with Gasteiger partial charge in [-0.05, 0) is 165 Å². The highest BCUT2D eigenvalue weighted by molar-refractivity contribution is 7.90. The van der Waals surface area contributed by atoms with Crippen LogP contribution in [0.2, 0.25) is 30.1 Å².